The maximum Gasteiger partial charge on any atom is 0.0571 e. The first-order chi connectivity index (χ1) is 9.15. The minimum Gasteiger partial charge on any atom is -0.310 e. The molecule has 19 heavy (non-hydrogen) atoms. The summed E-state index contributed by atoms with van der Waals surface area (Å²) in [4.78, 5) is 0. The van der Waals surface area contributed by atoms with Gasteiger partial charge >= 0.3 is 0 Å². The Morgan fingerprint density at radius 2 is 2.05 bits per heavy atom. The molecule has 1 aliphatic carbocycles. The maximum absolute atomic E-state index is 4.33. The zero-order chi connectivity index (χ0) is 13.4. The number of hydrogen-bond acceptors (Lipinski definition) is 2. The second kappa shape index (κ2) is 4.82. The fourth-order valence-corrected chi connectivity index (χ4v) is 2.45. The van der Waals surface area contributed by atoms with E-state index in [1.807, 2.05) is 17.9 Å². The molecule has 0 saturated heterocycles. The molecule has 1 aromatic heterocycles. The lowest BCUT2D eigenvalue weighted by molar-refractivity contribution is 0.687. The third-order valence-corrected chi connectivity index (χ3v) is 3.99. The predicted octanol–water partition coefficient (Wildman–Crippen LogP) is 2.96. The molecular weight excluding hydrogens is 234 g/mol. The summed E-state index contributed by atoms with van der Waals surface area (Å²) in [5.74, 6) is 0. The smallest absolute Gasteiger partial charge is 0.0571 e. The van der Waals surface area contributed by atoms with E-state index in [4.69, 9.17) is 0 Å². The van der Waals surface area contributed by atoms with E-state index in [-0.39, 0.29) is 0 Å². The first-order valence-corrected chi connectivity index (χ1v) is 6.97. The zero-order valence-electron chi connectivity index (χ0n) is 11.9. The van der Waals surface area contributed by atoms with Gasteiger partial charge in [-0.15, -0.1) is 0 Å². The highest BCUT2D eigenvalue weighted by atomic mass is 15.3. The van der Waals surface area contributed by atoms with Crippen molar-refractivity contribution in [3.05, 3.63) is 41.2 Å². The van der Waals surface area contributed by atoms with Crippen LogP contribution in [0, 0.1) is 13.8 Å². The van der Waals surface area contributed by atoms with E-state index in [2.05, 4.69) is 42.5 Å². The van der Waals surface area contributed by atoms with Crippen molar-refractivity contribution in [3.8, 4) is 11.1 Å². The molecule has 3 nitrogen and oxygen atoms in total. The molecule has 1 aliphatic rings. The second-order valence-corrected chi connectivity index (χ2v) is 5.57. The van der Waals surface area contributed by atoms with E-state index in [1.54, 1.807) is 0 Å². The van der Waals surface area contributed by atoms with Crippen LogP contribution in [0.3, 0.4) is 0 Å². The van der Waals surface area contributed by atoms with Gasteiger partial charge in [-0.1, -0.05) is 18.2 Å². The van der Waals surface area contributed by atoms with E-state index >= 15 is 0 Å². The van der Waals surface area contributed by atoms with Crippen molar-refractivity contribution in [1.29, 1.82) is 0 Å². The van der Waals surface area contributed by atoms with Gasteiger partial charge in [0.05, 0.1) is 6.20 Å². The Balaban J connectivity index is 1.84. The molecule has 0 amide bonds. The number of rotatable bonds is 4. The highest BCUT2D eigenvalue weighted by Gasteiger charge is 2.20. The average molecular weight is 255 g/mol. The summed E-state index contributed by atoms with van der Waals surface area (Å²) in [5.41, 5.74) is 6.44. The molecule has 0 spiro atoms. The number of nitrogens with zero attached hydrogens (tertiary/aromatic N) is 2. The van der Waals surface area contributed by atoms with Crippen LogP contribution >= 0.6 is 0 Å². The van der Waals surface area contributed by atoms with E-state index in [0.29, 0.717) is 0 Å². The standard InChI is InChI=1S/C16H21N3/c1-11-8-13(9-17-14-5-6-14)4-7-15(11)16-10-18-19(3)12(16)2/h4,7-8,10,14,17H,5-6,9H2,1-3H3. The minimum absolute atomic E-state index is 0.764. The number of hydrogen-bond donors (Lipinski definition) is 1. The summed E-state index contributed by atoms with van der Waals surface area (Å²) in [7, 11) is 1.99. The molecule has 0 atom stereocenters. The van der Waals surface area contributed by atoms with E-state index in [9.17, 15) is 0 Å². The molecule has 0 radical (unpaired) electrons. The molecule has 3 rings (SSSR count). The molecule has 1 N–H and O–H groups in total. The zero-order valence-corrected chi connectivity index (χ0v) is 11.9. The third kappa shape index (κ3) is 2.56. The van der Waals surface area contributed by atoms with E-state index < -0.39 is 0 Å². The molecule has 3 heteroatoms. The van der Waals surface area contributed by atoms with Crippen molar-refractivity contribution in [2.24, 2.45) is 7.05 Å². The van der Waals surface area contributed by atoms with Gasteiger partial charge in [0, 0.05) is 30.9 Å². The Labute approximate surface area is 114 Å². The molecule has 1 heterocycles. The molecule has 2 aromatic rings. The van der Waals surface area contributed by atoms with Crippen LogP contribution in [0.1, 0.15) is 29.7 Å². The van der Waals surface area contributed by atoms with Gasteiger partial charge in [0.2, 0.25) is 0 Å². The molecule has 0 unspecified atom stereocenters. The summed E-state index contributed by atoms with van der Waals surface area (Å²) < 4.78 is 1.93. The van der Waals surface area contributed by atoms with Crippen LogP contribution < -0.4 is 5.32 Å². The van der Waals surface area contributed by atoms with E-state index in [0.717, 1.165) is 12.6 Å². The fraction of sp³-hybridized carbons (Fsp3) is 0.438. The Bertz CT molecular complexity index is 594. The van der Waals surface area contributed by atoms with E-state index in [1.165, 1.54) is 40.8 Å². The van der Waals surface area contributed by atoms with Crippen LogP contribution in [0.2, 0.25) is 0 Å². The number of nitrogens with one attached hydrogen (secondary N) is 1. The monoisotopic (exact) mass is 255 g/mol. The summed E-state index contributed by atoms with van der Waals surface area (Å²) >= 11 is 0. The van der Waals surface area contributed by atoms with Crippen molar-refractivity contribution in [2.45, 2.75) is 39.3 Å². The van der Waals surface area contributed by atoms with Gasteiger partial charge in [-0.25, -0.2) is 0 Å². The van der Waals surface area contributed by atoms with Crippen LogP contribution in [-0.4, -0.2) is 15.8 Å². The summed E-state index contributed by atoms with van der Waals surface area (Å²) in [6, 6.07) is 7.51. The van der Waals surface area contributed by atoms with Gasteiger partial charge in [-0.05, 0) is 43.4 Å². The fourth-order valence-electron chi connectivity index (χ4n) is 2.45. The van der Waals surface area contributed by atoms with Crippen LogP contribution in [0.25, 0.3) is 11.1 Å². The first-order valence-electron chi connectivity index (χ1n) is 6.97. The largest absolute Gasteiger partial charge is 0.310 e. The molecule has 1 saturated carbocycles. The summed E-state index contributed by atoms with van der Waals surface area (Å²) in [6.07, 6.45) is 4.64. The lowest BCUT2D eigenvalue weighted by Crippen LogP contribution is -2.15. The van der Waals surface area contributed by atoms with Gasteiger partial charge in [0.25, 0.3) is 0 Å². The van der Waals surface area contributed by atoms with Crippen molar-refractivity contribution >= 4 is 0 Å². The quantitative estimate of drug-likeness (QED) is 0.910. The topological polar surface area (TPSA) is 29.9 Å². The summed E-state index contributed by atoms with van der Waals surface area (Å²) in [5, 5.41) is 7.89. The molecule has 1 fully saturated rings. The summed E-state index contributed by atoms with van der Waals surface area (Å²) in [6.45, 7) is 5.28. The maximum atomic E-state index is 4.33. The van der Waals surface area contributed by atoms with Crippen molar-refractivity contribution in [2.75, 3.05) is 0 Å². The highest BCUT2D eigenvalue weighted by molar-refractivity contribution is 5.69. The third-order valence-electron chi connectivity index (χ3n) is 3.99. The lowest BCUT2D eigenvalue weighted by Gasteiger charge is -2.09. The second-order valence-electron chi connectivity index (χ2n) is 5.57. The Hall–Kier alpha value is -1.61. The molecule has 0 aliphatic heterocycles. The Morgan fingerprint density at radius 3 is 2.63 bits per heavy atom. The van der Waals surface area contributed by atoms with Crippen LogP contribution in [0.5, 0.6) is 0 Å². The highest BCUT2D eigenvalue weighted by Crippen LogP contribution is 2.27. The van der Waals surface area contributed by atoms with Gasteiger partial charge < -0.3 is 5.32 Å². The van der Waals surface area contributed by atoms with Gasteiger partial charge in [0.1, 0.15) is 0 Å². The first kappa shape index (κ1) is 12.4. The Morgan fingerprint density at radius 1 is 1.26 bits per heavy atom. The van der Waals surface area contributed by atoms with Gasteiger partial charge in [0.15, 0.2) is 0 Å². The minimum atomic E-state index is 0.764. The van der Waals surface area contributed by atoms with Gasteiger partial charge in [-0.3, -0.25) is 4.68 Å². The predicted molar refractivity (Wildman–Crippen MR) is 78.0 cm³/mol. The number of aromatic nitrogens is 2. The van der Waals surface area contributed by atoms with Gasteiger partial charge in [-0.2, -0.15) is 5.10 Å². The van der Waals surface area contributed by atoms with Crippen LogP contribution in [0.15, 0.2) is 24.4 Å². The lowest BCUT2D eigenvalue weighted by atomic mass is 9.99. The molecule has 100 valence electrons. The molecular formula is C16H21N3. The number of aryl methyl sites for hydroxylation is 2. The Kier molecular flexibility index (Phi) is 3.15. The van der Waals surface area contributed by atoms with Crippen molar-refractivity contribution in [1.82, 2.24) is 15.1 Å². The van der Waals surface area contributed by atoms with Crippen molar-refractivity contribution < 1.29 is 0 Å². The normalized spacial score (nSPS) is 14.9. The average Bonchev–Trinajstić information content (AvgIpc) is 3.16. The van der Waals surface area contributed by atoms with Crippen LogP contribution in [0.4, 0.5) is 0 Å². The molecule has 0 bridgehead atoms. The SMILES string of the molecule is Cc1cc(CNC2CC2)ccc1-c1cnn(C)c1C. The number of benzene rings is 1. The van der Waals surface area contributed by atoms with Crippen molar-refractivity contribution in [3.63, 3.8) is 0 Å². The molecule has 1 aromatic carbocycles. The van der Waals surface area contributed by atoms with Crippen LogP contribution in [-0.2, 0) is 13.6 Å².